The number of carboxylic acid groups (broad SMARTS) is 1. The lowest BCUT2D eigenvalue weighted by Crippen LogP contribution is -2.41. The predicted molar refractivity (Wildman–Crippen MR) is 280 cm³/mol. The Morgan fingerprint density at radius 3 is 1.17 bits per heavy atom. The van der Waals surface area contributed by atoms with E-state index >= 15 is 0 Å². The number of aliphatic carboxylic acids is 1. The number of carbonyl (C=O) groups is 5. The number of carboxylic acids is 1. The molecule has 0 aliphatic carbocycles. The fourth-order valence-electron chi connectivity index (χ4n) is 4.88. The maximum Gasteiger partial charge on any atom is 0.408 e. The van der Waals surface area contributed by atoms with Crippen molar-refractivity contribution in [2.75, 3.05) is 82.8 Å². The van der Waals surface area contributed by atoms with Crippen LogP contribution in [0.4, 0.5) is 26.7 Å². The van der Waals surface area contributed by atoms with Crippen molar-refractivity contribution in [3.63, 3.8) is 0 Å². The second kappa shape index (κ2) is 31.5. The van der Waals surface area contributed by atoms with E-state index in [9.17, 15) is 49.2 Å². The van der Waals surface area contributed by atoms with E-state index in [4.69, 9.17) is 53.8 Å². The molecule has 3 aromatic rings. The molecule has 0 heterocycles. The summed E-state index contributed by atoms with van der Waals surface area (Å²) in [7, 11) is -7.10. The number of hydrogen-bond acceptors (Lipinski definition) is 20. The molecule has 0 unspecified atom stereocenters. The van der Waals surface area contributed by atoms with Crippen molar-refractivity contribution in [1.82, 2.24) is 20.1 Å². The quantitative estimate of drug-likeness (QED) is 0.0778. The molecule has 0 fully saturated rings. The fraction of sp³-hybridized carbons (Fsp3) is 0.383. The first-order valence-corrected chi connectivity index (χ1v) is 26.3. The van der Waals surface area contributed by atoms with Gasteiger partial charge >= 0.3 is 18.2 Å². The smallest absolute Gasteiger partial charge is 0.408 e. The summed E-state index contributed by atoms with van der Waals surface area (Å²) in [5.74, 6) is 5.39. The van der Waals surface area contributed by atoms with Crippen molar-refractivity contribution in [3.05, 3.63) is 54.6 Å². The molecule has 28 heteroatoms. The summed E-state index contributed by atoms with van der Waals surface area (Å²) >= 11 is 0. The van der Waals surface area contributed by atoms with Gasteiger partial charge in [0.1, 0.15) is 41.5 Å². The summed E-state index contributed by atoms with van der Waals surface area (Å²) < 4.78 is 99.8. The molecule has 0 atom stereocenters. The normalized spacial score (nSPS) is 10.7. The Hall–Kier alpha value is -8.10. The minimum absolute atomic E-state index is 0.109. The van der Waals surface area contributed by atoms with Gasteiger partial charge in [0, 0.05) is 24.5 Å². The van der Waals surface area contributed by atoms with Crippen LogP contribution in [-0.4, -0.2) is 138 Å². The lowest BCUT2D eigenvalue weighted by atomic mass is 10.2. The predicted octanol–water partition coefficient (Wildman–Crippen LogP) is 2.31. The van der Waals surface area contributed by atoms with E-state index in [1.54, 1.807) is 47.6 Å². The maximum atomic E-state index is 12.3. The number of terminal acetylenes is 3. The van der Waals surface area contributed by atoms with Crippen molar-refractivity contribution in [1.29, 1.82) is 0 Å². The molecule has 25 nitrogen and oxygen atoms in total. The van der Waals surface area contributed by atoms with Gasteiger partial charge in [-0.2, -0.15) is 0 Å². The van der Waals surface area contributed by atoms with E-state index < -0.39 is 90.7 Å². The van der Waals surface area contributed by atoms with Crippen LogP contribution in [0, 0.1) is 37.0 Å². The first-order chi connectivity index (χ1) is 34.7. The minimum Gasteiger partial charge on any atom is -0.495 e. The highest BCUT2D eigenvalue weighted by atomic mass is 32.2. The van der Waals surface area contributed by atoms with Gasteiger partial charge in [0.05, 0.1) is 79.3 Å². The highest BCUT2D eigenvalue weighted by molar-refractivity contribution is 7.91. The topological polar surface area (TPSA) is 364 Å². The SMILES string of the molecule is C#CCNc1ccc(S(=O)(=O)NC(=O)CN)cc1OC.C#CCNc1ccc(S(=O)(=O)NC(=O)CNC(=O)OC(C)(C)C)cc1OC.C#CCNc1ccc(S(C)(=O)=O)cc1OC.CC(C)(C)OC(=O)NCC(=O)O. The van der Waals surface area contributed by atoms with Crippen LogP contribution in [0.1, 0.15) is 41.5 Å². The molecule has 0 aliphatic heterocycles. The maximum absolute atomic E-state index is 12.3. The van der Waals surface area contributed by atoms with Crippen molar-refractivity contribution in [2.24, 2.45) is 5.73 Å². The van der Waals surface area contributed by atoms with Gasteiger partial charge in [-0.25, -0.2) is 44.3 Å². The molecule has 4 amide bonds. The standard InChI is InChI=1S/C17H23N3O6S.C12H15N3O4S.C11H13NO3S.C7H13NO4/c1-6-9-18-13-8-7-12(10-14(13)25-5)27(23,24)20-15(21)11-19-16(22)26-17(2,3)4;1-3-6-14-10-5-4-9(7-11(10)19-2)20(17,18)15-12(16)8-13;1-4-7-12-10-6-5-9(16(3,13)14)8-11(10)15-2;1-7(2,3)12-6(11)8-4-5(9)10/h1,7-8,10,18H,9,11H2,2-5H3,(H,19,22)(H,20,21);1,4-5,7,14H,6,8,13H2,2H3,(H,15,16);1,5-6,8,12H,7H2,2-3H3;4H2,1-3H3,(H,8,11)(H,9,10). The number of methoxy groups -OCH3 is 3. The monoisotopic (exact) mass is 1110 g/mol. The van der Waals surface area contributed by atoms with Gasteiger partial charge in [0.2, 0.25) is 5.91 Å². The largest absolute Gasteiger partial charge is 0.495 e. The molecule has 3 aromatic carbocycles. The Morgan fingerprint density at radius 1 is 0.560 bits per heavy atom. The molecule has 412 valence electrons. The van der Waals surface area contributed by atoms with Crippen molar-refractivity contribution >= 4 is 76.9 Å². The van der Waals surface area contributed by atoms with E-state index in [0.29, 0.717) is 35.1 Å². The Kier molecular flexibility index (Phi) is 28.1. The number of rotatable bonds is 19. The zero-order chi connectivity index (χ0) is 57.8. The lowest BCUT2D eigenvalue weighted by molar-refractivity contribution is -0.136. The highest BCUT2D eigenvalue weighted by Crippen LogP contribution is 2.29. The first kappa shape index (κ1) is 66.9. The van der Waals surface area contributed by atoms with Gasteiger partial charge in [-0.3, -0.25) is 14.4 Å². The molecule has 0 saturated heterocycles. The molecular weight excluding hydrogens is 1040 g/mol. The number of sulfonamides is 2. The van der Waals surface area contributed by atoms with E-state index in [1.807, 2.05) is 9.44 Å². The van der Waals surface area contributed by atoms with Gasteiger partial charge in [-0.15, -0.1) is 19.3 Å². The summed E-state index contributed by atoms with van der Waals surface area (Å²) in [4.78, 5) is 55.1. The Balaban J connectivity index is 0.00000102. The van der Waals surface area contributed by atoms with Crippen LogP contribution >= 0.6 is 0 Å². The Morgan fingerprint density at radius 2 is 0.880 bits per heavy atom. The van der Waals surface area contributed by atoms with Crippen LogP contribution < -0.4 is 56.0 Å². The Bertz CT molecular complexity index is 2920. The average molecular weight is 1110 g/mol. The van der Waals surface area contributed by atoms with Crippen LogP contribution in [0.3, 0.4) is 0 Å². The average Bonchev–Trinajstić information content (AvgIpc) is 3.31. The Labute approximate surface area is 438 Å². The van der Waals surface area contributed by atoms with Gasteiger partial charge in [0.15, 0.2) is 9.84 Å². The summed E-state index contributed by atoms with van der Waals surface area (Å²) in [6, 6.07) is 12.7. The number of amides is 4. The van der Waals surface area contributed by atoms with E-state index in [1.165, 1.54) is 69.9 Å². The van der Waals surface area contributed by atoms with Crippen LogP contribution in [0.5, 0.6) is 17.2 Å². The third-order valence-corrected chi connectivity index (χ3v) is 11.8. The van der Waals surface area contributed by atoms with Gasteiger partial charge in [-0.1, -0.05) is 17.8 Å². The van der Waals surface area contributed by atoms with Crippen LogP contribution in [0.25, 0.3) is 0 Å². The molecule has 0 saturated carbocycles. The summed E-state index contributed by atoms with van der Waals surface area (Å²) in [6.07, 6.45) is 15.0. The van der Waals surface area contributed by atoms with Gasteiger partial charge in [0.25, 0.3) is 26.0 Å². The van der Waals surface area contributed by atoms with Crippen molar-refractivity contribution < 1.29 is 78.0 Å². The number of hydrogen-bond donors (Lipinski definition) is 9. The number of sulfone groups is 1. The number of anilines is 3. The van der Waals surface area contributed by atoms with E-state index in [0.717, 1.165) is 6.26 Å². The second-order valence-corrected chi connectivity index (χ2v) is 21.8. The molecule has 10 N–H and O–H groups in total. The molecule has 0 radical (unpaired) electrons. The number of ether oxygens (including phenoxy) is 5. The first-order valence-electron chi connectivity index (χ1n) is 21.5. The van der Waals surface area contributed by atoms with E-state index in [2.05, 4.69) is 44.3 Å². The molecule has 0 bridgehead atoms. The third kappa shape index (κ3) is 27.5. The molecular formula is C47H64N8O17S3. The van der Waals surface area contributed by atoms with Crippen molar-refractivity contribution in [3.8, 4) is 54.3 Å². The zero-order valence-corrected chi connectivity index (χ0v) is 45.4. The summed E-state index contributed by atoms with van der Waals surface area (Å²) in [5.41, 5.74) is 5.46. The number of nitrogens with two attached hydrogens (primary N) is 1. The second-order valence-electron chi connectivity index (χ2n) is 16.4. The molecule has 75 heavy (non-hydrogen) atoms. The fourth-order valence-corrected chi connectivity index (χ4v) is 7.53. The summed E-state index contributed by atoms with van der Waals surface area (Å²) in [6.45, 7) is 9.54. The lowest BCUT2D eigenvalue weighted by Gasteiger charge is -2.19. The molecule has 0 spiro atoms. The molecule has 0 aromatic heterocycles. The number of carbonyl (C=O) groups excluding carboxylic acids is 4. The van der Waals surface area contributed by atoms with E-state index in [-0.39, 0.29) is 33.5 Å². The van der Waals surface area contributed by atoms with Crippen molar-refractivity contribution in [2.45, 2.75) is 67.4 Å². The highest BCUT2D eigenvalue weighted by Gasteiger charge is 2.23. The molecule has 3 rings (SSSR count). The zero-order valence-electron chi connectivity index (χ0n) is 43.0. The van der Waals surface area contributed by atoms with Gasteiger partial charge < -0.3 is 61.1 Å². The number of alkyl carbamates (subject to hydrolysis) is 2. The van der Waals surface area contributed by atoms with Crippen LogP contribution in [0.2, 0.25) is 0 Å². The van der Waals surface area contributed by atoms with Crippen LogP contribution in [-0.2, 0) is 53.7 Å². The van der Waals surface area contributed by atoms with Gasteiger partial charge in [-0.05, 0) is 77.9 Å². The number of benzene rings is 3. The minimum atomic E-state index is -4.15. The summed E-state index contributed by atoms with van der Waals surface area (Å²) in [5, 5.41) is 21.1. The molecule has 0 aliphatic rings. The third-order valence-electron chi connectivity index (χ3n) is 7.97. The number of nitrogens with one attached hydrogen (secondary N) is 7. The van der Waals surface area contributed by atoms with Crippen LogP contribution in [0.15, 0.2) is 69.3 Å².